The van der Waals surface area contributed by atoms with Gasteiger partial charge in [-0.05, 0) is 26.3 Å². The largest absolute Gasteiger partial charge is 0.462 e. The minimum atomic E-state index is 0. The Morgan fingerprint density at radius 2 is 2.35 bits per heavy atom. The Hall–Kier alpha value is -0.580. The molecule has 1 fully saturated rings. The molecule has 96 valence electrons. The summed E-state index contributed by atoms with van der Waals surface area (Å²) in [6.45, 7) is 3.55. The molecule has 1 aliphatic rings. The van der Waals surface area contributed by atoms with Crippen molar-refractivity contribution in [3.63, 3.8) is 0 Å². The lowest BCUT2D eigenvalue weighted by Gasteiger charge is -2.22. The molecule has 0 radical (unpaired) electrons. The van der Waals surface area contributed by atoms with Gasteiger partial charge in [0, 0.05) is 17.8 Å². The van der Waals surface area contributed by atoms with E-state index in [0.717, 1.165) is 18.5 Å². The molecule has 1 aromatic heterocycles. The average molecular weight is 278 g/mol. The Bertz CT molecular complexity index is 357. The first-order chi connectivity index (χ1) is 7.75. The van der Waals surface area contributed by atoms with Gasteiger partial charge >= 0.3 is 6.01 Å². The summed E-state index contributed by atoms with van der Waals surface area (Å²) in [6.07, 6.45) is 5.35. The number of nitrogens with zero attached hydrogens (tertiary/aromatic N) is 2. The fourth-order valence-corrected chi connectivity index (χ4v) is 1.84. The van der Waals surface area contributed by atoms with Crippen molar-refractivity contribution in [2.75, 3.05) is 13.2 Å². The molecule has 0 saturated carbocycles. The smallest absolute Gasteiger partial charge is 0.317 e. The molecule has 1 unspecified atom stereocenters. The highest BCUT2D eigenvalue weighted by Crippen LogP contribution is 2.14. The number of hydrogen-bond acceptors (Lipinski definition) is 4. The van der Waals surface area contributed by atoms with Crippen molar-refractivity contribution in [3.8, 4) is 6.01 Å². The first kappa shape index (κ1) is 14.5. The summed E-state index contributed by atoms with van der Waals surface area (Å²) in [5.41, 5.74) is 0.866. The highest BCUT2D eigenvalue weighted by molar-refractivity contribution is 6.30. The fourth-order valence-electron chi connectivity index (χ4n) is 1.72. The van der Waals surface area contributed by atoms with E-state index in [1.165, 1.54) is 12.8 Å². The minimum absolute atomic E-state index is 0. The fraction of sp³-hybridized carbons (Fsp3) is 0.636. The number of piperidine rings is 1. The van der Waals surface area contributed by atoms with Crippen molar-refractivity contribution in [1.29, 1.82) is 0 Å². The lowest BCUT2D eigenvalue weighted by molar-refractivity contribution is 0.224. The second-order valence-electron chi connectivity index (χ2n) is 4.08. The van der Waals surface area contributed by atoms with Crippen molar-refractivity contribution < 1.29 is 4.74 Å². The number of aromatic nitrogens is 2. The molecule has 6 heteroatoms. The van der Waals surface area contributed by atoms with Crippen LogP contribution in [0, 0.1) is 6.92 Å². The van der Waals surface area contributed by atoms with Gasteiger partial charge in [-0.15, -0.1) is 12.4 Å². The number of halogens is 2. The summed E-state index contributed by atoms with van der Waals surface area (Å²) in [7, 11) is 0. The van der Waals surface area contributed by atoms with E-state index in [2.05, 4.69) is 15.3 Å². The van der Waals surface area contributed by atoms with Gasteiger partial charge in [-0.2, -0.15) is 4.98 Å². The number of hydrogen-bond donors (Lipinski definition) is 1. The Kier molecular flexibility index (Phi) is 5.95. The molecule has 1 aromatic rings. The second kappa shape index (κ2) is 6.99. The molecule has 0 spiro atoms. The van der Waals surface area contributed by atoms with Crippen LogP contribution in [0.25, 0.3) is 0 Å². The van der Waals surface area contributed by atoms with Crippen LogP contribution in [0.15, 0.2) is 6.20 Å². The standard InChI is InChI=1S/C11H16ClN3O.ClH/c1-8-6-14-11(15-10(8)12)16-7-9-4-2-3-5-13-9;/h6,9,13H,2-5,7H2,1H3;1H. The Balaban J connectivity index is 0.00000144. The molecule has 1 N–H and O–H groups in total. The first-order valence-corrected chi connectivity index (χ1v) is 5.99. The summed E-state index contributed by atoms with van der Waals surface area (Å²) in [5, 5.41) is 3.86. The van der Waals surface area contributed by atoms with E-state index in [-0.39, 0.29) is 12.4 Å². The van der Waals surface area contributed by atoms with Crippen LogP contribution >= 0.6 is 24.0 Å². The van der Waals surface area contributed by atoms with E-state index in [4.69, 9.17) is 16.3 Å². The van der Waals surface area contributed by atoms with Crippen LogP contribution in [-0.2, 0) is 0 Å². The lowest BCUT2D eigenvalue weighted by Crippen LogP contribution is -2.38. The van der Waals surface area contributed by atoms with Gasteiger partial charge in [0.15, 0.2) is 0 Å². The van der Waals surface area contributed by atoms with Gasteiger partial charge in [0.05, 0.1) is 0 Å². The molecule has 2 heterocycles. The van der Waals surface area contributed by atoms with Crippen LogP contribution in [0.4, 0.5) is 0 Å². The van der Waals surface area contributed by atoms with E-state index < -0.39 is 0 Å². The van der Waals surface area contributed by atoms with Crippen LogP contribution in [0.2, 0.25) is 5.15 Å². The van der Waals surface area contributed by atoms with Gasteiger partial charge in [-0.25, -0.2) is 4.98 Å². The molecule has 4 nitrogen and oxygen atoms in total. The molecular formula is C11H17Cl2N3O. The van der Waals surface area contributed by atoms with Crippen molar-refractivity contribution >= 4 is 24.0 Å². The monoisotopic (exact) mass is 277 g/mol. The maximum absolute atomic E-state index is 5.89. The molecule has 17 heavy (non-hydrogen) atoms. The third kappa shape index (κ3) is 4.30. The van der Waals surface area contributed by atoms with Crippen molar-refractivity contribution in [2.24, 2.45) is 0 Å². The van der Waals surface area contributed by atoms with Gasteiger partial charge in [0.2, 0.25) is 0 Å². The minimum Gasteiger partial charge on any atom is -0.462 e. The van der Waals surface area contributed by atoms with Crippen molar-refractivity contribution in [3.05, 3.63) is 16.9 Å². The van der Waals surface area contributed by atoms with E-state index in [9.17, 15) is 0 Å². The third-order valence-corrected chi connectivity index (χ3v) is 3.10. The number of aryl methyl sites for hydroxylation is 1. The maximum atomic E-state index is 5.89. The summed E-state index contributed by atoms with van der Waals surface area (Å²) in [6, 6.07) is 0.778. The zero-order valence-corrected chi connectivity index (χ0v) is 11.4. The van der Waals surface area contributed by atoms with Crippen molar-refractivity contribution in [1.82, 2.24) is 15.3 Å². The molecule has 1 saturated heterocycles. The summed E-state index contributed by atoms with van der Waals surface area (Å²) in [5.74, 6) is 0. The number of rotatable bonds is 3. The summed E-state index contributed by atoms with van der Waals surface area (Å²) >= 11 is 5.89. The Labute approximate surface area is 113 Å². The lowest BCUT2D eigenvalue weighted by atomic mass is 10.1. The van der Waals surface area contributed by atoms with E-state index >= 15 is 0 Å². The summed E-state index contributed by atoms with van der Waals surface area (Å²) in [4.78, 5) is 8.14. The Morgan fingerprint density at radius 3 is 3.00 bits per heavy atom. The molecule has 1 atom stereocenters. The zero-order chi connectivity index (χ0) is 11.4. The highest BCUT2D eigenvalue weighted by Gasteiger charge is 2.13. The highest BCUT2D eigenvalue weighted by atomic mass is 35.5. The van der Waals surface area contributed by atoms with Gasteiger partial charge < -0.3 is 10.1 Å². The van der Waals surface area contributed by atoms with Crippen molar-refractivity contribution in [2.45, 2.75) is 32.2 Å². The second-order valence-corrected chi connectivity index (χ2v) is 4.44. The predicted octanol–water partition coefficient (Wildman–Crippen LogP) is 2.38. The van der Waals surface area contributed by atoms with Gasteiger partial charge in [0.25, 0.3) is 0 Å². The van der Waals surface area contributed by atoms with Gasteiger partial charge in [-0.3, -0.25) is 0 Å². The van der Waals surface area contributed by atoms with E-state index in [0.29, 0.717) is 23.8 Å². The van der Waals surface area contributed by atoms with Crippen LogP contribution in [0.5, 0.6) is 6.01 Å². The molecule has 1 aliphatic heterocycles. The van der Waals surface area contributed by atoms with Crippen LogP contribution in [-0.4, -0.2) is 29.2 Å². The number of nitrogens with one attached hydrogen (secondary N) is 1. The molecule has 0 aliphatic carbocycles. The molecular weight excluding hydrogens is 261 g/mol. The van der Waals surface area contributed by atoms with Gasteiger partial charge in [0.1, 0.15) is 11.8 Å². The predicted molar refractivity (Wildman–Crippen MR) is 70.2 cm³/mol. The molecule has 0 amide bonds. The number of ether oxygens (including phenoxy) is 1. The van der Waals surface area contributed by atoms with E-state index in [1.54, 1.807) is 6.20 Å². The van der Waals surface area contributed by atoms with Crippen LogP contribution < -0.4 is 10.1 Å². The average Bonchev–Trinajstić information content (AvgIpc) is 2.32. The topological polar surface area (TPSA) is 47.0 Å². The van der Waals surface area contributed by atoms with Crippen LogP contribution in [0.1, 0.15) is 24.8 Å². The Morgan fingerprint density at radius 1 is 1.53 bits per heavy atom. The maximum Gasteiger partial charge on any atom is 0.317 e. The van der Waals surface area contributed by atoms with Gasteiger partial charge in [-0.1, -0.05) is 18.0 Å². The SMILES string of the molecule is Cc1cnc(OCC2CCCCN2)nc1Cl.Cl. The summed E-state index contributed by atoms with van der Waals surface area (Å²) < 4.78 is 5.51. The molecule has 0 aromatic carbocycles. The van der Waals surface area contributed by atoms with E-state index in [1.807, 2.05) is 6.92 Å². The quantitative estimate of drug-likeness (QED) is 0.862. The first-order valence-electron chi connectivity index (χ1n) is 5.61. The third-order valence-electron chi connectivity index (χ3n) is 2.71. The zero-order valence-electron chi connectivity index (χ0n) is 9.78. The van der Waals surface area contributed by atoms with Crippen LogP contribution in [0.3, 0.4) is 0 Å². The molecule has 2 rings (SSSR count). The normalized spacial score (nSPS) is 19.5. The molecule has 0 bridgehead atoms.